The summed E-state index contributed by atoms with van der Waals surface area (Å²) in [4.78, 5) is 15.8. The van der Waals surface area contributed by atoms with Gasteiger partial charge in [0.05, 0.1) is 18.1 Å². The Balaban J connectivity index is 0.00000338. The number of nitrogens with one attached hydrogen (secondary N) is 2. The van der Waals surface area contributed by atoms with Gasteiger partial charge >= 0.3 is 0 Å². The van der Waals surface area contributed by atoms with Crippen molar-refractivity contribution in [2.24, 2.45) is 17.8 Å². The van der Waals surface area contributed by atoms with Crippen molar-refractivity contribution in [3.63, 3.8) is 0 Å². The van der Waals surface area contributed by atoms with Crippen LogP contribution in [0.15, 0.2) is 35.3 Å². The maximum atomic E-state index is 11.3. The van der Waals surface area contributed by atoms with Crippen LogP contribution in [-0.2, 0) is 20.1 Å². The largest absolute Gasteiger partial charge is 0.366 e. The number of nitrogens with two attached hydrogens (primary N) is 1. The monoisotopic (exact) mass is 509 g/mol. The van der Waals surface area contributed by atoms with Crippen LogP contribution >= 0.6 is 47.2 Å². The first kappa shape index (κ1) is 22.6. The Morgan fingerprint density at radius 1 is 1.27 bits per heavy atom. The van der Waals surface area contributed by atoms with Gasteiger partial charge in [-0.05, 0) is 30.7 Å². The third kappa shape index (κ3) is 6.07. The molecule has 0 aliphatic heterocycles. The highest BCUT2D eigenvalue weighted by molar-refractivity contribution is 14.0. The lowest BCUT2D eigenvalue weighted by Gasteiger charge is -2.12. The molecular weight excluding hydrogens is 488 g/mol. The summed E-state index contributed by atoms with van der Waals surface area (Å²) >= 11 is 12.1. The molecule has 2 aromatic rings. The summed E-state index contributed by atoms with van der Waals surface area (Å²) in [6.07, 6.45) is 0. The van der Waals surface area contributed by atoms with Crippen molar-refractivity contribution in [3.8, 4) is 0 Å². The van der Waals surface area contributed by atoms with Crippen LogP contribution < -0.4 is 16.4 Å². The maximum absolute atomic E-state index is 11.3. The zero-order chi connectivity index (χ0) is 18.4. The quantitative estimate of drug-likeness (QED) is 0.317. The molecule has 1 heterocycles. The normalized spacial score (nSPS) is 11.0. The molecule has 6 nitrogen and oxygen atoms in total. The minimum absolute atomic E-state index is 0. The number of benzene rings is 1. The Hall–Kier alpha value is -1.45. The van der Waals surface area contributed by atoms with E-state index in [1.807, 2.05) is 30.7 Å². The van der Waals surface area contributed by atoms with E-state index in [4.69, 9.17) is 28.9 Å². The molecule has 4 N–H and O–H groups in total. The van der Waals surface area contributed by atoms with Gasteiger partial charge in [0, 0.05) is 24.8 Å². The highest BCUT2D eigenvalue weighted by atomic mass is 127. The van der Waals surface area contributed by atoms with Crippen LogP contribution in [0.25, 0.3) is 0 Å². The molecule has 0 unspecified atom stereocenters. The number of aliphatic imine (C=N–C) groups is 1. The molecule has 1 amide bonds. The first-order valence-corrected chi connectivity index (χ1v) is 8.58. The number of nitrogens with zero attached hydrogens (tertiary/aromatic N) is 2. The second-order valence-electron chi connectivity index (χ2n) is 5.45. The predicted molar refractivity (Wildman–Crippen MR) is 117 cm³/mol. The fourth-order valence-electron chi connectivity index (χ4n) is 2.27. The first-order valence-electron chi connectivity index (χ1n) is 7.83. The Labute approximate surface area is 180 Å². The van der Waals surface area contributed by atoms with Gasteiger partial charge in [-0.25, -0.2) is 4.99 Å². The lowest BCUT2D eigenvalue weighted by molar-refractivity contribution is 0.1000. The van der Waals surface area contributed by atoms with Gasteiger partial charge in [0.1, 0.15) is 5.15 Å². The van der Waals surface area contributed by atoms with E-state index in [0.717, 1.165) is 17.8 Å². The maximum Gasteiger partial charge on any atom is 0.248 e. The van der Waals surface area contributed by atoms with Gasteiger partial charge < -0.3 is 20.9 Å². The van der Waals surface area contributed by atoms with Crippen molar-refractivity contribution in [3.05, 3.63) is 57.3 Å². The number of hydrogen-bond acceptors (Lipinski definition) is 2. The molecule has 0 atom stereocenters. The molecule has 142 valence electrons. The molecular formula is C17H22Cl2IN5O. The molecule has 9 heteroatoms. The fraction of sp³-hybridized carbons (Fsp3) is 0.294. The zero-order valence-electron chi connectivity index (χ0n) is 14.6. The molecule has 0 fully saturated rings. The van der Waals surface area contributed by atoms with Gasteiger partial charge in [-0.3, -0.25) is 4.79 Å². The van der Waals surface area contributed by atoms with Crippen LogP contribution in [0, 0.1) is 0 Å². The van der Waals surface area contributed by atoms with Crippen LogP contribution in [0.1, 0.15) is 28.5 Å². The highest BCUT2D eigenvalue weighted by Gasteiger charge is 2.09. The number of aromatic nitrogens is 1. The van der Waals surface area contributed by atoms with Crippen molar-refractivity contribution in [1.29, 1.82) is 0 Å². The molecule has 0 spiro atoms. The number of carbonyl (C=O) groups is 1. The van der Waals surface area contributed by atoms with Gasteiger partial charge in [-0.2, -0.15) is 0 Å². The van der Waals surface area contributed by atoms with Crippen LogP contribution in [0.2, 0.25) is 10.2 Å². The van der Waals surface area contributed by atoms with Crippen LogP contribution in [0.3, 0.4) is 0 Å². The summed E-state index contributed by atoms with van der Waals surface area (Å²) in [5.41, 5.74) is 7.62. The van der Waals surface area contributed by atoms with Crippen molar-refractivity contribution in [2.75, 3.05) is 6.54 Å². The molecule has 0 bridgehead atoms. The van der Waals surface area contributed by atoms with E-state index in [1.165, 1.54) is 0 Å². The summed E-state index contributed by atoms with van der Waals surface area (Å²) in [7, 11) is 1.85. The molecule has 1 aromatic heterocycles. The Bertz CT molecular complexity index is 791. The minimum atomic E-state index is -0.451. The summed E-state index contributed by atoms with van der Waals surface area (Å²) in [5.74, 6) is 0.203. The lowest BCUT2D eigenvalue weighted by atomic mass is 10.1. The smallest absolute Gasteiger partial charge is 0.248 e. The van der Waals surface area contributed by atoms with E-state index in [0.29, 0.717) is 34.8 Å². The van der Waals surface area contributed by atoms with Crippen LogP contribution in [0.4, 0.5) is 0 Å². The standard InChI is InChI=1S/C17H21Cl2N5O.HI/c1-3-21-17(23-10-13-8-14(18)15(19)24(13)2)22-9-11-5-4-6-12(7-11)16(20)25;/h4-8H,3,9-10H2,1-2H3,(H2,20,25)(H2,21,22,23);1H. The van der Waals surface area contributed by atoms with Crippen molar-refractivity contribution in [2.45, 2.75) is 20.0 Å². The number of halogens is 3. The van der Waals surface area contributed by atoms with E-state index < -0.39 is 5.91 Å². The van der Waals surface area contributed by atoms with Gasteiger partial charge in [0.2, 0.25) is 5.91 Å². The summed E-state index contributed by atoms with van der Waals surface area (Å²) < 4.78 is 1.82. The van der Waals surface area contributed by atoms with E-state index >= 15 is 0 Å². The number of carbonyl (C=O) groups excluding carboxylic acids is 1. The second-order valence-corrected chi connectivity index (χ2v) is 6.21. The number of amides is 1. The fourth-order valence-corrected chi connectivity index (χ4v) is 2.68. The van der Waals surface area contributed by atoms with Crippen molar-refractivity contribution >= 4 is 59.0 Å². The molecule has 26 heavy (non-hydrogen) atoms. The minimum Gasteiger partial charge on any atom is -0.366 e. The summed E-state index contributed by atoms with van der Waals surface area (Å²) in [6, 6.07) is 8.93. The Morgan fingerprint density at radius 2 is 2.00 bits per heavy atom. The predicted octanol–water partition coefficient (Wildman–Crippen LogP) is 3.30. The second kappa shape index (κ2) is 10.6. The van der Waals surface area contributed by atoms with E-state index in [1.54, 1.807) is 18.2 Å². The topological polar surface area (TPSA) is 84.4 Å². The van der Waals surface area contributed by atoms with E-state index in [9.17, 15) is 4.79 Å². The van der Waals surface area contributed by atoms with Crippen molar-refractivity contribution < 1.29 is 4.79 Å². The third-order valence-corrected chi connectivity index (χ3v) is 4.47. The lowest BCUT2D eigenvalue weighted by Crippen LogP contribution is -2.37. The Kier molecular flexibility index (Phi) is 9.24. The third-order valence-electron chi connectivity index (χ3n) is 3.63. The average molecular weight is 510 g/mol. The molecule has 0 saturated heterocycles. The highest BCUT2D eigenvalue weighted by Crippen LogP contribution is 2.24. The van der Waals surface area contributed by atoms with Crippen LogP contribution in [0.5, 0.6) is 0 Å². The molecule has 0 radical (unpaired) electrons. The average Bonchev–Trinajstić information content (AvgIpc) is 2.84. The SMILES string of the molecule is CCNC(=NCc1cccc(C(N)=O)c1)NCc1cc(Cl)c(Cl)n1C.I. The van der Waals surface area contributed by atoms with Crippen LogP contribution in [-0.4, -0.2) is 23.0 Å². The van der Waals surface area contributed by atoms with Gasteiger partial charge in [0.25, 0.3) is 0 Å². The van der Waals surface area contributed by atoms with E-state index in [-0.39, 0.29) is 24.0 Å². The zero-order valence-corrected chi connectivity index (χ0v) is 18.4. The first-order chi connectivity index (χ1) is 11.9. The molecule has 0 aliphatic rings. The van der Waals surface area contributed by atoms with Crippen molar-refractivity contribution in [1.82, 2.24) is 15.2 Å². The molecule has 0 aliphatic carbocycles. The summed E-state index contributed by atoms with van der Waals surface area (Å²) in [6.45, 7) is 3.66. The number of primary amides is 1. The Morgan fingerprint density at radius 3 is 2.58 bits per heavy atom. The number of guanidine groups is 1. The van der Waals surface area contributed by atoms with Gasteiger partial charge in [-0.15, -0.1) is 24.0 Å². The molecule has 2 rings (SSSR count). The van der Waals surface area contributed by atoms with E-state index in [2.05, 4.69) is 15.6 Å². The summed E-state index contributed by atoms with van der Waals surface area (Å²) in [5, 5.41) is 7.43. The molecule has 1 aromatic carbocycles. The number of rotatable bonds is 6. The van der Waals surface area contributed by atoms with Gasteiger partial charge in [0.15, 0.2) is 5.96 Å². The number of hydrogen-bond donors (Lipinski definition) is 3. The van der Waals surface area contributed by atoms with Gasteiger partial charge in [-0.1, -0.05) is 35.3 Å². The molecule has 0 saturated carbocycles.